The summed E-state index contributed by atoms with van der Waals surface area (Å²) in [7, 11) is 0. The number of Topliss-reactive ketones (excluding diaryl/α,β-unsaturated/α-hetero) is 1. The van der Waals surface area contributed by atoms with Gasteiger partial charge in [0.25, 0.3) is 0 Å². The van der Waals surface area contributed by atoms with E-state index in [1.165, 1.54) is 0 Å². The highest BCUT2D eigenvalue weighted by atomic mass is 32.2. The molecule has 2 N–H and O–H groups in total. The Kier molecular flexibility index (Phi) is 5.93. The maximum absolute atomic E-state index is 13.5. The van der Waals surface area contributed by atoms with Gasteiger partial charge in [0.2, 0.25) is 0 Å². The lowest BCUT2D eigenvalue weighted by atomic mass is 9.47. The number of aliphatic hydroxyl groups excluding tert-OH is 2. The molecule has 1 unspecified atom stereocenters. The standard InChI is InChI=1S/C28H38O6S/c1-26-8-5-18(30)12-17(26)3-4-19-20-13-23-28(22(32)15-29,27(20,2)14-21(31)25(19)26)34-24(33-23)11-16-6-9-35-10-7-16/h3,5,8,16,19-21,23-25,29,31H,4,6-7,9-15H2,1-2H3/t19-,20-,21-,23+,24?,25+,26-,27-,28+/m0/s1. The summed E-state index contributed by atoms with van der Waals surface area (Å²) in [6.45, 7) is 3.67. The number of rotatable bonds is 4. The summed E-state index contributed by atoms with van der Waals surface area (Å²) in [6, 6.07) is 0. The second kappa shape index (κ2) is 8.52. The predicted molar refractivity (Wildman–Crippen MR) is 133 cm³/mol. The fraction of sp³-hybridized carbons (Fsp3) is 0.786. The number of hydrogen-bond donors (Lipinski definition) is 2. The average Bonchev–Trinajstić information content (AvgIpc) is 3.31. The van der Waals surface area contributed by atoms with Gasteiger partial charge in [-0.05, 0) is 67.4 Å². The molecular weight excluding hydrogens is 464 g/mol. The predicted octanol–water partition coefficient (Wildman–Crippen LogP) is 3.45. The van der Waals surface area contributed by atoms with Crippen LogP contribution in [0, 0.1) is 34.5 Å². The molecule has 4 aliphatic carbocycles. The van der Waals surface area contributed by atoms with E-state index in [-0.39, 0.29) is 34.7 Å². The molecule has 192 valence electrons. The summed E-state index contributed by atoms with van der Waals surface area (Å²) >= 11 is 1.99. The van der Waals surface area contributed by atoms with Crippen molar-refractivity contribution in [3.05, 3.63) is 23.8 Å². The van der Waals surface area contributed by atoms with Crippen molar-refractivity contribution >= 4 is 23.3 Å². The number of thioether (sulfide) groups is 1. The SMILES string of the molecule is C[C@]12C=CC(=O)CC1=CC[C@@H]1[C@@H]2[C@@H](O)C[C@@]2(C)[C@H]1C[C@H]1OC(CC3CCSCC3)O[C@]12C(=O)CO. The number of carbonyl (C=O) groups is 2. The molecule has 6 aliphatic rings. The molecule has 0 aromatic rings. The second-order valence-electron chi connectivity index (χ2n) is 12.2. The average molecular weight is 503 g/mol. The summed E-state index contributed by atoms with van der Waals surface area (Å²) in [6.07, 6.45) is 9.86. The van der Waals surface area contributed by atoms with Crippen molar-refractivity contribution in [1.29, 1.82) is 0 Å². The highest BCUT2D eigenvalue weighted by molar-refractivity contribution is 7.99. The number of carbonyl (C=O) groups excluding carboxylic acids is 2. The molecule has 6 nitrogen and oxygen atoms in total. The third-order valence-electron chi connectivity index (χ3n) is 10.7. The summed E-state index contributed by atoms with van der Waals surface area (Å²) in [5.41, 5.74) is -1.07. The minimum atomic E-state index is -1.21. The molecule has 2 saturated heterocycles. The molecule has 2 saturated carbocycles. The van der Waals surface area contributed by atoms with Crippen LogP contribution >= 0.6 is 11.8 Å². The Morgan fingerprint density at radius 1 is 1.26 bits per heavy atom. The number of ketones is 2. The topological polar surface area (TPSA) is 93.1 Å². The summed E-state index contributed by atoms with van der Waals surface area (Å²) < 4.78 is 13.2. The molecule has 4 fully saturated rings. The van der Waals surface area contributed by atoms with Crippen molar-refractivity contribution in [3.63, 3.8) is 0 Å². The van der Waals surface area contributed by atoms with E-state index in [0.717, 1.165) is 42.8 Å². The van der Waals surface area contributed by atoms with E-state index < -0.39 is 36.1 Å². The van der Waals surface area contributed by atoms with Gasteiger partial charge < -0.3 is 19.7 Å². The lowest BCUT2D eigenvalue weighted by Crippen LogP contribution is -2.63. The minimum absolute atomic E-state index is 0.0134. The maximum atomic E-state index is 13.5. The molecule has 2 heterocycles. The Hall–Kier alpha value is -0.990. The Morgan fingerprint density at radius 2 is 2.03 bits per heavy atom. The zero-order valence-corrected chi connectivity index (χ0v) is 21.6. The van der Waals surface area contributed by atoms with Crippen LogP contribution in [0.1, 0.15) is 58.8 Å². The van der Waals surface area contributed by atoms with Crippen LogP contribution < -0.4 is 0 Å². The Morgan fingerprint density at radius 3 is 2.77 bits per heavy atom. The largest absolute Gasteiger partial charge is 0.393 e. The van der Waals surface area contributed by atoms with Crippen molar-refractivity contribution in [1.82, 2.24) is 0 Å². The first-order chi connectivity index (χ1) is 16.7. The van der Waals surface area contributed by atoms with E-state index >= 15 is 0 Å². The van der Waals surface area contributed by atoms with Crippen LogP contribution in [0.2, 0.25) is 0 Å². The summed E-state index contributed by atoms with van der Waals surface area (Å²) in [4.78, 5) is 25.6. The third kappa shape index (κ3) is 3.37. The van der Waals surface area contributed by atoms with Gasteiger partial charge in [-0.25, -0.2) is 0 Å². The first-order valence-electron chi connectivity index (χ1n) is 13.4. The van der Waals surface area contributed by atoms with Crippen molar-refractivity contribution in [2.24, 2.45) is 34.5 Å². The number of ether oxygens (including phenoxy) is 2. The van der Waals surface area contributed by atoms with Crippen molar-refractivity contribution in [3.8, 4) is 0 Å². The van der Waals surface area contributed by atoms with E-state index in [4.69, 9.17) is 9.47 Å². The molecule has 0 aromatic heterocycles. The van der Waals surface area contributed by atoms with E-state index in [9.17, 15) is 19.8 Å². The van der Waals surface area contributed by atoms with E-state index in [2.05, 4.69) is 19.9 Å². The lowest BCUT2D eigenvalue weighted by molar-refractivity contribution is -0.200. The quantitative estimate of drug-likeness (QED) is 0.569. The van der Waals surface area contributed by atoms with Crippen molar-refractivity contribution in [2.45, 2.75) is 82.9 Å². The molecule has 6 rings (SSSR count). The van der Waals surface area contributed by atoms with Crippen molar-refractivity contribution in [2.75, 3.05) is 18.1 Å². The fourth-order valence-electron chi connectivity index (χ4n) is 9.03. The highest BCUT2D eigenvalue weighted by Gasteiger charge is 2.75. The molecule has 0 amide bonds. The molecule has 0 aromatic carbocycles. The van der Waals surface area contributed by atoms with Crippen LogP contribution in [0.3, 0.4) is 0 Å². The first-order valence-corrected chi connectivity index (χ1v) is 14.5. The van der Waals surface area contributed by atoms with Crippen LogP contribution in [-0.2, 0) is 19.1 Å². The van der Waals surface area contributed by atoms with E-state index in [0.29, 0.717) is 25.2 Å². The minimum Gasteiger partial charge on any atom is -0.393 e. The smallest absolute Gasteiger partial charge is 0.193 e. The summed E-state index contributed by atoms with van der Waals surface area (Å²) in [5.74, 6) is 2.94. The second-order valence-corrected chi connectivity index (χ2v) is 13.5. The first kappa shape index (κ1) is 24.4. The Labute approximate surface area is 211 Å². The number of allylic oxidation sites excluding steroid dienone is 4. The number of aliphatic hydroxyl groups is 2. The highest BCUT2D eigenvalue weighted by Crippen LogP contribution is 2.69. The van der Waals surface area contributed by atoms with Gasteiger partial charge in [-0.1, -0.05) is 31.6 Å². The van der Waals surface area contributed by atoms with Gasteiger partial charge in [-0.15, -0.1) is 0 Å². The molecule has 2 aliphatic heterocycles. The molecule has 0 spiro atoms. The summed E-state index contributed by atoms with van der Waals surface area (Å²) in [5, 5.41) is 21.8. The Bertz CT molecular complexity index is 970. The normalized spacial score (nSPS) is 49.1. The lowest BCUT2D eigenvalue weighted by Gasteiger charge is -2.59. The number of fused-ring (bicyclic) bond motifs is 7. The van der Waals surface area contributed by atoms with Crippen LogP contribution in [0.4, 0.5) is 0 Å². The zero-order chi connectivity index (χ0) is 24.6. The van der Waals surface area contributed by atoms with Gasteiger partial charge in [0.1, 0.15) is 6.61 Å². The maximum Gasteiger partial charge on any atom is 0.193 e. The van der Waals surface area contributed by atoms with Crippen LogP contribution in [0.5, 0.6) is 0 Å². The van der Waals surface area contributed by atoms with Crippen LogP contribution in [0.15, 0.2) is 23.8 Å². The van der Waals surface area contributed by atoms with Gasteiger partial charge >= 0.3 is 0 Å². The molecular formula is C28H38O6S. The fourth-order valence-corrected chi connectivity index (χ4v) is 10.2. The number of hydrogen-bond acceptors (Lipinski definition) is 7. The zero-order valence-electron chi connectivity index (χ0n) is 20.8. The van der Waals surface area contributed by atoms with Crippen molar-refractivity contribution < 1.29 is 29.3 Å². The van der Waals surface area contributed by atoms with Gasteiger partial charge in [0.15, 0.2) is 23.5 Å². The van der Waals surface area contributed by atoms with Crippen LogP contribution in [0.25, 0.3) is 0 Å². The van der Waals surface area contributed by atoms with Gasteiger partial charge in [0, 0.05) is 29.6 Å². The van der Waals surface area contributed by atoms with Gasteiger partial charge in [0.05, 0.1) is 12.2 Å². The van der Waals surface area contributed by atoms with Gasteiger partial charge in [-0.3, -0.25) is 9.59 Å². The Balaban J connectivity index is 1.33. The monoisotopic (exact) mass is 502 g/mol. The molecule has 9 atom stereocenters. The molecule has 0 bridgehead atoms. The van der Waals surface area contributed by atoms with E-state index in [1.54, 1.807) is 6.08 Å². The van der Waals surface area contributed by atoms with Crippen LogP contribution in [-0.4, -0.2) is 64.0 Å². The molecule has 35 heavy (non-hydrogen) atoms. The third-order valence-corrected chi connectivity index (χ3v) is 11.7. The van der Waals surface area contributed by atoms with E-state index in [1.807, 2.05) is 17.8 Å². The molecule has 7 heteroatoms. The van der Waals surface area contributed by atoms with Gasteiger partial charge in [-0.2, -0.15) is 11.8 Å². The molecule has 0 radical (unpaired) electrons.